The number of hydrogen-bond donors (Lipinski definition) is 1. The van der Waals surface area contributed by atoms with Crippen molar-refractivity contribution in [1.29, 1.82) is 0 Å². The molecule has 0 saturated carbocycles. The van der Waals surface area contributed by atoms with Crippen LogP contribution in [-0.2, 0) is 10.8 Å². The Balaban J connectivity index is 2.82. The van der Waals surface area contributed by atoms with E-state index in [0.29, 0.717) is 22.1 Å². The molecule has 0 heterocycles. The van der Waals surface area contributed by atoms with Crippen molar-refractivity contribution in [3.05, 3.63) is 18.2 Å². The minimum absolute atomic E-state index is 0.591. The normalized spacial score (nSPS) is 12.8. The minimum Gasteiger partial charge on any atom is -0.495 e. The zero-order valence-corrected chi connectivity index (χ0v) is 10.7. The van der Waals surface area contributed by atoms with Crippen LogP contribution in [0.1, 0.15) is 0 Å². The molecule has 0 fully saturated rings. The lowest BCUT2D eigenvalue weighted by atomic mass is 10.3. The third-order valence-electron chi connectivity index (χ3n) is 2.16. The molecule has 4 nitrogen and oxygen atoms in total. The molecule has 1 aromatic carbocycles. The van der Waals surface area contributed by atoms with Crippen LogP contribution in [0.3, 0.4) is 0 Å². The predicted octanol–water partition coefficient (Wildman–Crippen LogP) is 0.947. The second-order valence-corrected chi connectivity index (χ2v) is 5.30. The van der Waals surface area contributed by atoms with Crippen molar-refractivity contribution in [2.24, 2.45) is 0 Å². The molecule has 1 rings (SSSR count). The SMILES string of the molecule is COc1cc(N)ccc1S(=O)CCN(C)C. The van der Waals surface area contributed by atoms with Gasteiger partial charge in [-0.3, -0.25) is 4.21 Å². The summed E-state index contributed by atoms with van der Waals surface area (Å²) in [5.74, 6) is 1.19. The zero-order chi connectivity index (χ0) is 12.1. The molecular weight excluding hydrogens is 224 g/mol. The van der Waals surface area contributed by atoms with Gasteiger partial charge in [0.2, 0.25) is 0 Å². The van der Waals surface area contributed by atoms with Crippen LogP contribution in [0.2, 0.25) is 0 Å². The molecular formula is C11H18N2O2S. The zero-order valence-electron chi connectivity index (χ0n) is 9.90. The minimum atomic E-state index is -1.05. The van der Waals surface area contributed by atoms with Crippen molar-refractivity contribution in [3.63, 3.8) is 0 Å². The van der Waals surface area contributed by atoms with E-state index < -0.39 is 10.8 Å². The Bertz CT molecular complexity index is 380. The van der Waals surface area contributed by atoms with Gasteiger partial charge in [0, 0.05) is 24.1 Å². The summed E-state index contributed by atoms with van der Waals surface area (Å²) in [6, 6.07) is 5.20. The van der Waals surface area contributed by atoms with Crippen LogP contribution >= 0.6 is 0 Å². The van der Waals surface area contributed by atoms with E-state index in [1.165, 1.54) is 0 Å². The maximum atomic E-state index is 12.0. The summed E-state index contributed by atoms with van der Waals surface area (Å²) in [4.78, 5) is 2.71. The summed E-state index contributed by atoms with van der Waals surface area (Å²) in [6.45, 7) is 0.778. The van der Waals surface area contributed by atoms with Crippen LogP contribution in [0, 0.1) is 0 Å². The van der Waals surface area contributed by atoms with E-state index >= 15 is 0 Å². The average Bonchev–Trinajstić information content (AvgIpc) is 2.25. The van der Waals surface area contributed by atoms with Gasteiger partial charge in [-0.25, -0.2) is 0 Å². The van der Waals surface area contributed by atoms with Gasteiger partial charge in [0.05, 0.1) is 22.8 Å². The van der Waals surface area contributed by atoms with Crippen molar-refractivity contribution < 1.29 is 8.95 Å². The molecule has 0 saturated heterocycles. The number of nitrogen functional groups attached to an aromatic ring is 1. The van der Waals surface area contributed by atoms with Crippen LogP contribution < -0.4 is 10.5 Å². The number of hydrogen-bond acceptors (Lipinski definition) is 4. The number of ether oxygens (including phenoxy) is 1. The van der Waals surface area contributed by atoms with E-state index in [9.17, 15) is 4.21 Å². The maximum absolute atomic E-state index is 12.0. The summed E-state index contributed by atoms with van der Waals surface area (Å²) in [6.07, 6.45) is 0. The fourth-order valence-electron chi connectivity index (χ4n) is 1.25. The molecule has 1 atom stereocenters. The molecule has 1 unspecified atom stereocenters. The smallest absolute Gasteiger partial charge is 0.137 e. The van der Waals surface area contributed by atoms with Gasteiger partial charge in [-0.15, -0.1) is 0 Å². The molecule has 0 aliphatic rings. The molecule has 0 bridgehead atoms. The Morgan fingerprint density at radius 2 is 2.12 bits per heavy atom. The largest absolute Gasteiger partial charge is 0.495 e. The maximum Gasteiger partial charge on any atom is 0.137 e. The molecule has 0 amide bonds. The van der Waals surface area contributed by atoms with E-state index in [1.54, 1.807) is 25.3 Å². The first-order valence-electron chi connectivity index (χ1n) is 5.01. The topological polar surface area (TPSA) is 55.6 Å². The van der Waals surface area contributed by atoms with Crippen molar-refractivity contribution in [2.75, 3.05) is 39.2 Å². The summed E-state index contributed by atoms with van der Waals surface area (Å²) in [5.41, 5.74) is 6.25. The highest BCUT2D eigenvalue weighted by atomic mass is 32.2. The van der Waals surface area contributed by atoms with Gasteiger partial charge in [-0.2, -0.15) is 0 Å². The second-order valence-electron chi connectivity index (χ2n) is 3.76. The Hall–Kier alpha value is -1.07. The van der Waals surface area contributed by atoms with Crippen molar-refractivity contribution in [3.8, 4) is 5.75 Å². The van der Waals surface area contributed by atoms with Crippen molar-refractivity contribution >= 4 is 16.5 Å². The number of rotatable bonds is 5. The van der Waals surface area contributed by atoms with E-state index in [0.717, 1.165) is 6.54 Å². The molecule has 5 heteroatoms. The first kappa shape index (κ1) is 13.0. The molecule has 2 N–H and O–H groups in total. The number of methoxy groups -OCH3 is 1. The summed E-state index contributed by atoms with van der Waals surface area (Å²) < 4.78 is 17.2. The van der Waals surface area contributed by atoms with E-state index in [-0.39, 0.29) is 0 Å². The Kier molecular flexibility index (Phi) is 4.76. The number of anilines is 1. The third-order valence-corrected chi connectivity index (χ3v) is 3.54. The molecule has 0 spiro atoms. The van der Waals surface area contributed by atoms with Crippen LogP contribution in [0.5, 0.6) is 5.75 Å². The van der Waals surface area contributed by atoms with Gasteiger partial charge in [0.25, 0.3) is 0 Å². The molecule has 0 aliphatic carbocycles. The van der Waals surface area contributed by atoms with Crippen LogP contribution in [-0.4, -0.2) is 42.6 Å². The lowest BCUT2D eigenvalue weighted by Gasteiger charge is -2.11. The summed E-state index contributed by atoms with van der Waals surface area (Å²) >= 11 is 0. The fraction of sp³-hybridized carbons (Fsp3) is 0.455. The molecule has 0 aromatic heterocycles. The quantitative estimate of drug-likeness (QED) is 0.781. The first-order valence-corrected chi connectivity index (χ1v) is 6.33. The standard InChI is InChI=1S/C11H18N2O2S/c1-13(2)6-7-16(14)11-5-4-9(12)8-10(11)15-3/h4-5,8H,6-7,12H2,1-3H3. The van der Waals surface area contributed by atoms with E-state index in [2.05, 4.69) is 0 Å². The highest BCUT2D eigenvalue weighted by Crippen LogP contribution is 2.24. The summed E-state index contributed by atoms with van der Waals surface area (Å²) in [7, 11) is 4.42. The highest BCUT2D eigenvalue weighted by molar-refractivity contribution is 7.85. The Morgan fingerprint density at radius 1 is 1.44 bits per heavy atom. The van der Waals surface area contributed by atoms with Crippen LogP contribution in [0.4, 0.5) is 5.69 Å². The first-order chi connectivity index (χ1) is 7.54. The Labute approximate surface area is 98.8 Å². The molecule has 1 aromatic rings. The van der Waals surface area contributed by atoms with Crippen LogP contribution in [0.15, 0.2) is 23.1 Å². The predicted molar refractivity (Wildman–Crippen MR) is 67.2 cm³/mol. The fourth-order valence-corrected chi connectivity index (χ4v) is 2.59. The van der Waals surface area contributed by atoms with E-state index in [4.69, 9.17) is 10.5 Å². The lowest BCUT2D eigenvalue weighted by molar-refractivity contribution is 0.403. The van der Waals surface area contributed by atoms with Gasteiger partial charge in [0.15, 0.2) is 0 Å². The van der Waals surface area contributed by atoms with Crippen molar-refractivity contribution in [1.82, 2.24) is 4.90 Å². The van der Waals surface area contributed by atoms with E-state index in [1.807, 2.05) is 19.0 Å². The van der Waals surface area contributed by atoms with Gasteiger partial charge in [0.1, 0.15) is 5.75 Å². The second kappa shape index (κ2) is 5.86. The average molecular weight is 242 g/mol. The van der Waals surface area contributed by atoms with Gasteiger partial charge in [-0.1, -0.05) is 0 Å². The third kappa shape index (κ3) is 3.50. The Morgan fingerprint density at radius 3 is 2.69 bits per heavy atom. The molecule has 90 valence electrons. The van der Waals surface area contributed by atoms with Crippen molar-refractivity contribution in [2.45, 2.75) is 4.90 Å². The molecule has 16 heavy (non-hydrogen) atoms. The van der Waals surface area contributed by atoms with Gasteiger partial charge >= 0.3 is 0 Å². The molecule has 0 radical (unpaired) electrons. The monoisotopic (exact) mass is 242 g/mol. The highest BCUT2D eigenvalue weighted by Gasteiger charge is 2.10. The van der Waals surface area contributed by atoms with Gasteiger partial charge < -0.3 is 15.4 Å². The molecule has 0 aliphatic heterocycles. The summed E-state index contributed by atoms with van der Waals surface area (Å²) in [5, 5.41) is 0. The van der Waals surface area contributed by atoms with Crippen LogP contribution in [0.25, 0.3) is 0 Å². The number of nitrogens with two attached hydrogens (primary N) is 1. The number of benzene rings is 1. The number of nitrogens with zero attached hydrogens (tertiary/aromatic N) is 1. The lowest BCUT2D eigenvalue weighted by Crippen LogP contribution is -2.19. The van der Waals surface area contributed by atoms with Gasteiger partial charge in [-0.05, 0) is 26.2 Å².